The molecule has 96 valence electrons. The molecule has 3 nitrogen and oxygen atoms in total. The van der Waals surface area contributed by atoms with Gasteiger partial charge in [-0.05, 0) is 37.9 Å². The molecule has 1 saturated heterocycles. The van der Waals surface area contributed by atoms with Crippen molar-refractivity contribution in [3.05, 3.63) is 30.5 Å². The molecule has 1 aromatic carbocycles. The predicted octanol–water partition coefficient (Wildman–Crippen LogP) is 2.60. The van der Waals surface area contributed by atoms with Crippen LogP contribution in [0.1, 0.15) is 12.8 Å². The Bertz CT molecular complexity index is 511. The van der Waals surface area contributed by atoms with E-state index in [9.17, 15) is 0 Å². The Hall–Kier alpha value is -1.48. The van der Waals surface area contributed by atoms with Crippen LogP contribution in [-0.4, -0.2) is 31.7 Å². The van der Waals surface area contributed by atoms with E-state index in [0.717, 1.165) is 19.0 Å². The zero-order chi connectivity index (χ0) is 12.4. The van der Waals surface area contributed by atoms with Gasteiger partial charge in [-0.2, -0.15) is 0 Å². The third kappa shape index (κ3) is 2.23. The van der Waals surface area contributed by atoms with Gasteiger partial charge in [0.1, 0.15) is 0 Å². The summed E-state index contributed by atoms with van der Waals surface area (Å²) in [5.41, 5.74) is 2.54. The van der Waals surface area contributed by atoms with E-state index in [1.807, 2.05) is 0 Å². The molecule has 1 aliphatic heterocycles. The molecular weight excluding hydrogens is 222 g/mol. The highest BCUT2D eigenvalue weighted by molar-refractivity contribution is 5.92. The number of nitrogens with zero attached hydrogens (tertiary/aromatic N) is 1. The second-order valence-electron chi connectivity index (χ2n) is 5.31. The van der Waals surface area contributed by atoms with Gasteiger partial charge in [0.2, 0.25) is 0 Å². The van der Waals surface area contributed by atoms with Gasteiger partial charge in [-0.25, -0.2) is 0 Å². The van der Waals surface area contributed by atoms with Gasteiger partial charge in [-0.1, -0.05) is 18.2 Å². The van der Waals surface area contributed by atoms with Crippen molar-refractivity contribution >= 4 is 16.6 Å². The van der Waals surface area contributed by atoms with Gasteiger partial charge in [0, 0.05) is 30.7 Å². The molecule has 18 heavy (non-hydrogen) atoms. The molecule has 1 fully saturated rings. The minimum absolute atomic E-state index is 0.775. The molecule has 0 aliphatic carbocycles. The van der Waals surface area contributed by atoms with Crippen LogP contribution in [-0.2, 0) is 0 Å². The molecule has 3 rings (SSSR count). The molecule has 2 heterocycles. The van der Waals surface area contributed by atoms with Crippen LogP contribution in [0, 0.1) is 5.92 Å². The zero-order valence-corrected chi connectivity index (χ0v) is 10.9. The van der Waals surface area contributed by atoms with Crippen LogP contribution in [0.2, 0.25) is 0 Å². The maximum absolute atomic E-state index is 3.49. The molecule has 0 radical (unpaired) electrons. The summed E-state index contributed by atoms with van der Waals surface area (Å²) in [7, 11) is 2.20. The van der Waals surface area contributed by atoms with Gasteiger partial charge in [0.25, 0.3) is 0 Å². The molecular formula is C15H21N3. The van der Waals surface area contributed by atoms with E-state index < -0.39 is 0 Å². The average molecular weight is 243 g/mol. The Balaban J connectivity index is 1.76. The summed E-state index contributed by atoms with van der Waals surface area (Å²) in [5, 5.41) is 4.81. The minimum atomic E-state index is 0.775. The van der Waals surface area contributed by atoms with Crippen molar-refractivity contribution in [2.45, 2.75) is 12.8 Å². The van der Waals surface area contributed by atoms with Gasteiger partial charge in [-0.15, -0.1) is 0 Å². The predicted molar refractivity (Wildman–Crippen MR) is 77.2 cm³/mol. The van der Waals surface area contributed by atoms with Crippen molar-refractivity contribution < 1.29 is 0 Å². The molecule has 1 atom stereocenters. The van der Waals surface area contributed by atoms with Crippen molar-refractivity contribution in [2.75, 3.05) is 31.6 Å². The summed E-state index contributed by atoms with van der Waals surface area (Å²) in [6.07, 6.45) is 4.78. The molecule has 2 aromatic rings. The molecule has 1 aromatic heterocycles. The Labute approximate surface area is 108 Å². The van der Waals surface area contributed by atoms with E-state index in [-0.39, 0.29) is 0 Å². The Morgan fingerprint density at radius 2 is 2.22 bits per heavy atom. The topological polar surface area (TPSA) is 31.1 Å². The number of hydrogen-bond acceptors (Lipinski definition) is 2. The fourth-order valence-electron chi connectivity index (χ4n) is 2.94. The highest BCUT2D eigenvalue weighted by Crippen LogP contribution is 2.26. The number of hydrogen-bond donors (Lipinski definition) is 2. The van der Waals surface area contributed by atoms with E-state index >= 15 is 0 Å². The first-order chi connectivity index (χ1) is 8.84. The zero-order valence-electron chi connectivity index (χ0n) is 10.9. The molecule has 0 amide bonds. The first-order valence-corrected chi connectivity index (χ1v) is 6.82. The molecule has 0 saturated carbocycles. The first-order valence-electron chi connectivity index (χ1n) is 6.82. The number of para-hydroxylation sites is 1. The Morgan fingerprint density at radius 3 is 3.06 bits per heavy atom. The van der Waals surface area contributed by atoms with E-state index in [1.54, 1.807) is 0 Å². The summed E-state index contributed by atoms with van der Waals surface area (Å²) in [5.74, 6) is 0.775. The SMILES string of the molecule is CN(CC1CCCNC1)c1c[nH]c2ccccc12. The number of H-pyrrole nitrogens is 1. The van der Waals surface area contributed by atoms with E-state index in [2.05, 4.69) is 52.7 Å². The normalized spacial score (nSPS) is 20.2. The number of rotatable bonds is 3. The molecule has 1 unspecified atom stereocenters. The van der Waals surface area contributed by atoms with Crippen LogP contribution in [0.3, 0.4) is 0 Å². The summed E-state index contributed by atoms with van der Waals surface area (Å²) >= 11 is 0. The second-order valence-corrected chi connectivity index (χ2v) is 5.31. The number of benzene rings is 1. The minimum Gasteiger partial charge on any atom is -0.373 e. The van der Waals surface area contributed by atoms with Crippen molar-refractivity contribution in [1.29, 1.82) is 0 Å². The monoisotopic (exact) mass is 243 g/mol. The van der Waals surface area contributed by atoms with Crippen molar-refractivity contribution in [3.63, 3.8) is 0 Å². The standard InChI is InChI=1S/C15H21N3/c1-18(11-12-5-4-8-16-9-12)15-10-17-14-7-3-2-6-13(14)15/h2-3,6-7,10,12,16-17H,4-5,8-9,11H2,1H3. The van der Waals surface area contributed by atoms with Gasteiger partial charge in [0.05, 0.1) is 5.69 Å². The van der Waals surface area contributed by atoms with Gasteiger partial charge in [0.15, 0.2) is 0 Å². The number of fused-ring (bicyclic) bond motifs is 1. The number of aromatic nitrogens is 1. The van der Waals surface area contributed by atoms with Crippen molar-refractivity contribution in [2.24, 2.45) is 5.92 Å². The third-order valence-electron chi connectivity index (χ3n) is 3.91. The molecule has 0 spiro atoms. The number of aromatic amines is 1. The molecule has 2 N–H and O–H groups in total. The molecule has 0 bridgehead atoms. The number of nitrogens with one attached hydrogen (secondary N) is 2. The fraction of sp³-hybridized carbons (Fsp3) is 0.467. The Morgan fingerprint density at radius 1 is 1.33 bits per heavy atom. The van der Waals surface area contributed by atoms with Gasteiger partial charge in [-0.3, -0.25) is 0 Å². The van der Waals surface area contributed by atoms with Crippen LogP contribution < -0.4 is 10.2 Å². The largest absolute Gasteiger partial charge is 0.373 e. The first kappa shape index (κ1) is 11.6. The van der Waals surface area contributed by atoms with E-state index in [1.165, 1.54) is 36.0 Å². The fourth-order valence-corrected chi connectivity index (χ4v) is 2.94. The summed E-state index contributed by atoms with van der Waals surface area (Å²) in [4.78, 5) is 5.73. The van der Waals surface area contributed by atoms with Crippen LogP contribution >= 0.6 is 0 Å². The lowest BCUT2D eigenvalue weighted by Gasteiger charge is -2.28. The number of anilines is 1. The lowest BCUT2D eigenvalue weighted by molar-refractivity contribution is 0.381. The summed E-state index contributed by atoms with van der Waals surface area (Å²) < 4.78 is 0. The lowest BCUT2D eigenvalue weighted by atomic mass is 9.99. The van der Waals surface area contributed by atoms with Crippen LogP contribution in [0.15, 0.2) is 30.5 Å². The molecule has 1 aliphatic rings. The smallest absolute Gasteiger partial charge is 0.0621 e. The highest BCUT2D eigenvalue weighted by Gasteiger charge is 2.16. The summed E-state index contributed by atoms with van der Waals surface area (Å²) in [6.45, 7) is 3.48. The van der Waals surface area contributed by atoms with E-state index in [0.29, 0.717) is 0 Å². The van der Waals surface area contributed by atoms with Crippen LogP contribution in [0.25, 0.3) is 10.9 Å². The van der Waals surface area contributed by atoms with E-state index in [4.69, 9.17) is 0 Å². The quantitative estimate of drug-likeness (QED) is 0.868. The van der Waals surface area contributed by atoms with Crippen LogP contribution in [0.4, 0.5) is 5.69 Å². The van der Waals surface area contributed by atoms with Crippen molar-refractivity contribution in [3.8, 4) is 0 Å². The maximum Gasteiger partial charge on any atom is 0.0621 e. The highest BCUT2D eigenvalue weighted by atomic mass is 15.1. The van der Waals surface area contributed by atoms with Gasteiger partial charge < -0.3 is 15.2 Å². The lowest BCUT2D eigenvalue weighted by Crippen LogP contribution is -2.36. The van der Waals surface area contributed by atoms with Crippen molar-refractivity contribution in [1.82, 2.24) is 10.3 Å². The third-order valence-corrected chi connectivity index (χ3v) is 3.91. The van der Waals surface area contributed by atoms with Crippen LogP contribution in [0.5, 0.6) is 0 Å². The summed E-state index contributed by atoms with van der Waals surface area (Å²) in [6, 6.07) is 8.51. The average Bonchev–Trinajstić information content (AvgIpc) is 2.84. The maximum atomic E-state index is 3.49. The van der Waals surface area contributed by atoms with Gasteiger partial charge >= 0.3 is 0 Å². The number of piperidine rings is 1. The Kier molecular flexibility index (Phi) is 3.24. The molecule has 3 heteroatoms. The second kappa shape index (κ2) is 5.02.